The molecule has 0 aromatic heterocycles. The first-order valence-electron chi connectivity index (χ1n) is 2.90. The molecular weight excluding hydrogens is 118 g/mol. The van der Waals surface area contributed by atoms with Gasteiger partial charge in [0.1, 0.15) is 0 Å². The Bertz CT molecular complexity index is 59.2. The molecule has 0 spiro atoms. The van der Waals surface area contributed by atoms with Crippen molar-refractivity contribution in [2.75, 3.05) is 6.54 Å². The molecule has 6 N–H and O–H groups in total. The predicted octanol–water partition coefficient (Wildman–Crippen LogP) is -0.231. The lowest BCUT2D eigenvalue weighted by Crippen LogP contribution is -2.18. The van der Waals surface area contributed by atoms with E-state index in [0.29, 0.717) is 0 Å². The third kappa shape index (κ3) is 131. The third-order valence-corrected chi connectivity index (χ3v) is 0.558. The van der Waals surface area contributed by atoms with E-state index in [0.717, 1.165) is 6.54 Å². The van der Waals surface area contributed by atoms with Crippen LogP contribution in [0, 0.1) is 0 Å². The summed E-state index contributed by atoms with van der Waals surface area (Å²) in [6, 6.07) is -0.833. The van der Waals surface area contributed by atoms with Crippen LogP contribution in [0.5, 0.6) is 0 Å². The molecule has 0 rings (SSSR count). The van der Waals surface area contributed by atoms with E-state index in [1.54, 1.807) is 0 Å². The summed E-state index contributed by atoms with van der Waals surface area (Å²) in [5.74, 6) is 0. The maximum atomic E-state index is 9.00. The van der Waals surface area contributed by atoms with Crippen molar-refractivity contribution < 1.29 is 4.79 Å². The Balaban J connectivity index is 0. The molecule has 0 aromatic rings. The molecule has 0 aliphatic heterocycles. The average Bonchev–Trinajstić information content (AvgIpc) is 1.66. The first-order chi connectivity index (χ1) is 4.15. The van der Waals surface area contributed by atoms with Crippen LogP contribution in [-0.2, 0) is 0 Å². The van der Waals surface area contributed by atoms with Crippen LogP contribution in [-0.4, -0.2) is 12.6 Å². The molecule has 4 nitrogen and oxygen atoms in total. The largest absolute Gasteiger partial charge is 0.352 e. The number of carbonyl (C=O) groups excluding carboxylic acids is 1. The van der Waals surface area contributed by atoms with Gasteiger partial charge in [0.05, 0.1) is 0 Å². The lowest BCUT2D eigenvalue weighted by atomic mass is 10.3. The Morgan fingerprint density at radius 1 is 1.44 bits per heavy atom. The second-order valence-electron chi connectivity index (χ2n) is 1.54. The van der Waals surface area contributed by atoms with Gasteiger partial charge in [-0.3, -0.25) is 0 Å². The van der Waals surface area contributed by atoms with Gasteiger partial charge in [0.15, 0.2) is 0 Å². The van der Waals surface area contributed by atoms with Gasteiger partial charge in [0.25, 0.3) is 0 Å². The van der Waals surface area contributed by atoms with Crippen LogP contribution in [0.25, 0.3) is 0 Å². The summed E-state index contributed by atoms with van der Waals surface area (Å²) in [7, 11) is 0. The van der Waals surface area contributed by atoms with Crippen LogP contribution in [0.3, 0.4) is 0 Å². The van der Waals surface area contributed by atoms with Gasteiger partial charge in [-0.15, -0.1) is 0 Å². The van der Waals surface area contributed by atoms with E-state index in [4.69, 9.17) is 10.5 Å². The molecule has 0 heterocycles. The summed E-state index contributed by atoms with van der Waals surface area (Å²) >= 11 is 0. The molecule has 0 aromatic carbocycles. The number of primary amides is 2. The molecule has 9 heavy (non-hydrogen) atoms. The number of rotatable bonds is 2. The molecule has 0 atom stereocenters. The Kier molecular flexibility index (Phi) is 12.6. The minimum atomic E-state index is -0.833. The molecule has 2 amide bonds. The van der Waals surface area contributed by atoms with E-state index < -0.39 is 6.03 Å². The van der Waals surface area contributed by atoms with Crippen molar-refractivity contribution in [3.8, 4) is 0 Å². The van der Waals surface area contributed by atoms with Gasteiger partial charge in [0.2, 0.25) is 0 Å². The molecule has 0 saturated heterocycles. The van der Waals surface area contributed by atoms with Crippen molar-refractivity contribution in [1.29, 1.82) is 0 Å². The van der Waals surface area contributed by atoms with E-state index in [1.165, 1.54) is 12.8 Å². The molecule has 0 aliphatic rings. The minimum Gasteiger partial charge on any atom is -0.352 e. The summed E-state index contributed by atoms with van der Waals surface area (Å²) in [6.07, 6.45) is 2.39. The monoisotopic (exact) mass is 133 g/mol. The summed E-state index contributed by atoms with van der Waals surface area (Å²) in [6.45, 7) is 2.98. The van der Waals surface area contributed by atoms with Crippen molar-refractivity contribution in [3.05, 3.63) is 0 Å². The molecule has 56 valence electrons. The normalized spacial score (nSPS) is 7.33. The Morgan fingerprint density at radius 2 is 1.78 bits per heavy atom. The van der Waals surface area contributed by atoms with Gasteiger partial charge in [-0.2, -0.15) is 0 Å². The number of nitrogens with two attached hydrogens (primary N) is 3. The molecule has 0 unspecified atom stereocenters. The first-order valence-corrected chi connectivity index (χ1v) is 2.90. The molecule has 0 saturated carbocycles. The number of carbonyl (C=O) groups is 1. The Labute approximate surface area is 55.4 Å². The van der Waals surface area contributed by atoms with Crippen molar-refractivity contribution >= 4 is 6.03 Å². The predicted molar refractivity (Wildman–Crippen MR) is 37.7 cm³/mol. The number of urea groups is 1. The molecular formula is C5H15N3O. The lowest BCUT2D eigenvalue weighted by molar-refractivity contribution is 0.256. The zero-order valence-electron chi connectivity index (χ0n) is 5.76. The van der Waals surface area contributed by atoms with Gasteiger partial charge in [-0.25, -0.2) is 4.79 Å². The Morgan fingerprint density at radius 3 is 1.78 bits per heavy atom. The fraction of sp³-hybridized carbons (Fsp3) is 0.800. The maximum Gasteiger partial charge on any atom is 0.309 e. The van der Waals surface area contributed by atoms with E-state index in [2.05, 4.69) is 18.4 Å². The zero-order chi connectivity index (χ0) is 7.70. The van der Waals surface area contributed by atoms with Gasteiger partial charge >= 0.3 is 6.03 Å². The number of amides is 2. The highest BCUT2D eigenvalue weighted by atomic mass is 16.2. The highest BCUT2D eigenvalue weighted by Crippen LogP contribution is 1.77. The molecule has 0 bridgehead atoms. The smallest absolute Gasteiger partial charge is 0.309 e. The van der Waals surface area contributed by atoms with Crippen molar-refractivity contribution in [2.24, 2.45) is 17.2 Å². The molecule has 4 heteroatoms. The maximum absolute atomic E-state index is 9.00. The van der Waals surface area contributed by atoms with Crippen molar-refractivity contribution in [2.45, 2.75) is 19.8 Å². The van der Waals surface area contributed by atoms with Crippen LogP contribution in [0.15, 0.2) is 0 Å². The molecule has 0 radical (unpaired) electrons. The SMILES string of the molecule is CCCCN.NC(N)=O. The quantitative estimate of drug-likeness (QED) is 0.485. The van der Waals surface area contributed by atoms with Crippen LogP contribution < -0.4 is 17.2 Å². The van der Waals surface area contributed by atoms with E-state index >= 15 is 0 Å². The van der Waals surface area contributed by atoms with Gasteiger partial charge < -0.3 is 17.2 Å². The number of unbranched alkanes of at least 4 members (excludes halogenated alkanes) is 1. The summed E-state index contributed by atoms with van der Waals surface area (Å²) in [5.41, 5.74) is 13.6. The average molecular weight is 133 g/mol. The van der Waals surface area contributed by atoms with Crippen LogP contribution in [0.4, 0.5) is 4.79 Å². The first kappa shape index (κ1) is 11.1. The molecule has 0 fully saturated rings. The second-order valence-corrected chi connectivity index (χ2v) is 1.54. The highest BCUT2D eigenvalue weighted by Gasteiger charge is 1.67. The third-order valence-electron chi connectivity index (χ3n) is 0.558. The number of hydrogen-bond donors (Lipinski definition) is 3. The van der Waals surface area contributed by atoms with E-state index in [-0.39, 0.29) is 0 Å². The Hall–Kier alpha value is -0.770. The van der Waals surface area contributed by atoms with E-state index in [9.17, 15) is 0 Å². The lowest BCUT2D eigenvalue weighted by Gasteiger charge is -1.80. The zero-order valence-corrected chi connectivity index (χ0v) is 5.76. The topological polar surface area (TPSA) is 95.1 Å². The fourth-order valence-corrected chi connectivity index (χ4v) is 0.204. The second kappa shape index (κ2) is 10.3. The van der Waals surface area contributed by atoms with Crippen LogP contribution >= 0.6 is 0 Å². The van der Waals surface area contributed by atoms with Crippen LogP contribution in [0.2, 0.25) is 0 Å². The summed E-state index contributed by atoms with van der Waals surface area (Å²) in [5, 5.41) is 0. The van der Waals surface area contributed by atoms with Crippen molar-refractivity contribution in [1.82, 2.24) is 0 Å². The number of hydrogen-bond acceptors (Lipinski definition) is 2. The highest BCUT2D eigenvalue weighted by molar-refractivity contribution is 5.69. The van der Waals surface area contributed by atoms with Gasteiger partial charge in [-0.1, -0.05) is 13.3 Å². The summed E-state index contributed by atoms with van der Waals surface area (Å²) in [4.78, 5) is 9.00. The van der Waals surface area contributed by atoms with Gasteiger partial charge in [-0.05, 0) is 13.0 Å². The van der Waals surface area contributed by atoms with Gasteiger partial charge in [0, 0.05) is 0 Å². The standard InChI is InChI=1S/C4H11N.CH4N2O/c1-2-3-4-5;2-1(3)4/h2-5H2,1H3;(H4,2,3,4). The van der Waals surface area contributed by atoms with E-state index in [1.807, 2.05) is 0 Å². The minimum absolute atomic E-state index is 0.833. The fourth-order valence-electron chi connectivity index (χ4n) is 0.204. The summed E-state index contributed by atoms with van der Waals surface area (Å²) < 4.78 is 0. The van der Waals surface area contributed by atoms with Crippen molar-refractivity contribution in [3.63, 3.8) is 0 Å². The van der Waals surface area contributed by atoms with Crippen LogP contribution in [0.1, 0.15) is 19.8 Å². The molecule has 0 aliphatic carbocycles.